The van der Waals surface area contributed by atoms with Crippen molar-refractivity contribution in [3.63, 3.8) is 0 Å². The zero-order valence-corrected chi connectivity index (χ0v) is 14.2. The van der Waals surface area contributed by atoms with E-state index in [0.717, 1.165) is 0 Å². The van der Waals surface area contributed by atoms with Gasteiger partial charge in [-0.25, -0.2) is 26.3 Å². The van der Waals surface area contributed by atoms with E-state index in [9.17, 15) is 31.4 Å². The van der Waals surface area contributed by atoms with Gasteiger partial charge in [-0.2, -0.15) is 10.9 Å². The Bertz CT molecular complexity index is 911. The lowest BCUT2D eigenvalue weighted by molar-refractivity contribution is 0.445. The van der Waals surface area contributed by atoms with Crippen molar-refractivity contribution < 1.29 is 31.4 Å². The highest BCUT2D eigenvalue weighted by Gasteiger charge is 2.30. The van der Waals surface area contributed by atoms with Crippen LogP contribution in [-0.4, -0.2) is 11.5 Å². The molecule has 0 aliphatic carbocycles. The van der Waals surface area contributed by atoms with E-state index in [1.807, 2.05) is 0 Å². The third kappa shape index (κ3) is 3.76. The van der Waals surface area contributed by atoms with Gasteiger partial charge in [0.15, 0.2) is 34.9 Å². The predicted octanol–water partition coefficient (Wildman–Crippen LogP) is 2.86. The zero-order valence-electron chi connectivity index (χ0n) is 14.2. The van der Waals surface area contributed by atoms with E-state index in [0.29, 0.717) is 29.8 Å². The Labute approximate surface area is 156 Å². The minimum atomic E-state index is -3.38. The van der Waals surface area contributed by atoms with Crippen molar-refractivity contribution in [2.75, 3.05) is 0 Å². The molecule has 0 aliphatic heterocycles. The average Bonchev–Trinajstić information content (AvgIpc) is 2.68. The van der Waals surface area contributed by atoms with Crippen LogP contribution >= 0.6 is 0 Å². The molecule has 146 valence electrons. The van der Waals surface area contributed by atoms with Crippen LogP contribution in [0.25, 0.3) is 0 Å². The molecular formula is C19H13BF6NO-. The molecule has 0 saturated heterocycles. The summed E-state index contributed by atoms with van der Waals surface area (Å²) in [7, 11) is 0. The Morgan fingerprint density at radius 3 is 1.46 bits per heavy atom. The van der Waals surface area contributed by atoms with Gasteiger partial charge in [0, 0.05) is 0 Å². The Morgan fingerprint density at radius 1 is 0.679 bits per heavy atom. The molecule has 0 heterocycles. The van der Waals surface area contributed by atoms with Gasteiger partial charge in [0.25, 0.3) is 0 Å². The molecule has 3 aromatic rings. The molecule has 3 rings (SSSR count). The fraction of sp³-hybridized carbons (Fsp3) is 0.0526. The maximum atomic E-state index is 13.7. The third-order valence-electron chi connectivity index (χ3n) is 4.42. The molecule has 0 spiro atoms. The Hall–Kier alpha value is -2.78. The molecule has 3 aromatic carbocycles. The van der Waals surface area contributed by atoms with E-state index in [1.54, 1.807) is 30.3 Å². The van der Waals surface area contributed by atoms with Crippen molar-refractivity contribution in [2.45, 2.75) is 6.54 Å². The first-order chi connectivity index (χ1) is 13.2. The summed E-state index contributed by atoms with van der Waals surface area (Å²) in [6.45, 7) is -3.46. The van der Waals surface area contributed by atoms with Gasteiger partial charge in [-0.15, -0.1) is 0 Å². The van der Waals surface area contributed by atoms with Crippen LogP contribution in [0.5, 0.6) is 0 Å². The molecule has 0 aliphatic rings. The monoisotopic (exact) mass is 396 g/mol. The third-order valence-corrected chi connectivity index (χ3v) is 4.42. The van der Waals surface area contributed by atoms with Gasteiger partial charge >= 0.3 is 0 Å². The first-order valence-corrected chi connectivity index (χ1v) is 8.19. The summed E-state index contributed by atoms with van der Waals surface area (Å²) in [6.07, 6.45) is 0. The number of hydrogen-bond donors (Lipinski definition) is 2. The van der Waals surface area contributed by atoms with Crippen LogP contribution in [-0.2, 0) is 6.54 Å². The summed E-state index contributed by atoms with van der Waals surface area (Å²) in [4.78, 5) is 0. The van der Waals surface area contributed by atoms with Crippen LogP contribution in [0.3, 0.4) is 0 Å². The molecule has 0 radical (unpaired) electrons. The number of benzene rings is 3. The second-order valence-electron chi connectivity index (χ2n) is 6.28. The molecule has 2 N–H and O–H groups in total. The summed E-state index contributed by atoms with van der Waals surface area (Å²) in [6, 6.07) is 10.5. The lowest BCUT2D eigenvalue weighted by Gasteiger charge is -2.38. The normalized spacial score (nSPS) is 11.7. The Kier molecular flexibility index (Phi) is 5.48. The van der Waals surface area contributed by atoms with Crippen LogP contribution < -0.4 is 16.2 Å². The lowest BCUT2D eigenvalue weighted by Crippen LogP contribution is -2.69. The standard InChI is InChI=1S/C19H13BF6NO/c21-14-6-12(7-15(22)18(14)25)20(28,27-10-11-4-2-1-3-5-11)13-8-16(23)19(26)17(24)9-13/h1-9,27-28H,10H2/q-1. The smallest absolute Gasteiger partial charge is 0.237 e. The van der Waals surface area contributed by atoms with Gasteiger partial charge in [-0.1, -0.05) is 54.6 Å². The van der Waals surface area contributed by atoms with Crippen molar-refractivity contribution >= 4 is 17.4 Å². The van der Waals surface area contributed by atoms with Gasteiger partial charge < -0.3 is 10.3 Å². The number of hydrogen-bond acceptors (Lipinski definition) is 2. The molecule has 0 saturated carbocycles. The molecule has 0 aromatic heterocycles. The average molecular weight is 396 g/mol. The fourth-order valence-electron chi connectivity index (χ4n) is 2.92. The first-order valence-electron chi connectivity index (χ1n) is 8.19. The van der Waals surface area contributed by atoms with Crippen LogP contribution in [0.1, 0.15) is 5.56 Å². The van der Waals surface area contributed by atoms with Gasteiger partial charge in [0.2, 0.25) is 6.48 Å². The molecule has 0 atom stereocenters. The van der Waals surface area contributed by atoms with Gasteiger partial charge in [-0.3, -0.25) is 0 Å². The quantitative estimate of drug-likeness (QED) is 0.395. The van der Waals surface area contributed by atoms with Gasteiger partial charge in [0.05, 0.1) is 0 Å². The van der Waals surface area contributed by atoms with Crippen molar-refractivity contribution in [2.24, 2.45) is 0 Å². The molecule has 9 heteroatoms. The predicted molar refractivity (Wildman–Crippen MR) is 93.2 cm³/mol. The van der Waals surface area contributed by atoms with Crippen molar-refractivity contribution in [1.82, 2.24) is 5.23 Å². The number of rotatable bonds is 5. The maximum absolute atomic E-state index is 13.7. The molecule has 0 amide bonds. The fourth-order valence-corrected chi connectivity index (χ4v) is 2.92. The van der Waals surface area contributed by atoms with E-state index < -0.39 is 52.3 Å². The summed E-state index contributed by atoms with van der Waals surface area (Å²) >= 11 is 0. The molecule has 0 bridgehead atoms. The van der Waals surface area contributed by atoms with Crippen molar-refractivity contribution in [3.05, 3.63) is 95.1 Å². The van der Waals surface area contributed by atoms with Crippen LogP contribution in [0.4, 0.5) is 26.3 Å². The second-order valence-corrected chi connectivity index (χ2v) is 6.28. The second kappa shape index (κ2) is 7.69. The minimum Gasteiger partial charge on any atom is -0.585 e. The highest BCUT2D eigenvalue weighted by Crippen LogP contribution is 2.14. The minimum absolute atomic E-state index is 0.0709. The largest absolute Gasteiger partial charge is 0.585 e. The van der Waals surface area contributed by atoms with Crippen LogP contribution in [0, 0.1) is 34.9 Å². The molecule has 0 fully saturated rings. The van der Waals surface area contributed by atoms with Gasteiger partial charge in [-0.05, 0) is 12.1 Å². The van der Waals surface area contributed by atoms with Crippen molar-refractivity contribution in [1.29, 1.82) is 0 Å². The van der Waals surface area contributed by atoms with Crippen LogP contribution in [0.15, 0.2) is 54.6 Å². The Morgan fingerprint density at radius 2 is 1.07 bits per heavy atom. The highest BCUT2D eigenvalue weighted by atomic mass is 19.2. The number of nitrogens with one attached hydrogen (secondary N) is 1. The van der Waals surface area contributed by atoms with E-state index in [-0.39, 0.29) is 6.54 Å². The van der Waals surface area contributed by atoms with Crippen molar-refractivity contribution in [3.8, 4) is 0 Å². The summed E-state index contributed by atoms with van der Waals surface area (Å²) in [5.74, 6) is -9.91. The van der Waals surface area contributed by atoms with Gasteiger partial charge in [0.1, 0.15) is 0 Å². The maximum Gasteiger partial charge on any atom is 0.237 e. The Balaban J connectivity index is 2.13. The highest BCUT2D eigenvalue weighted by molar-refractivity contribution is 6.94. The topological polar surface area (TPSA) is 32.3 Å². The summed E-state index contributed by atoms with van der Waals surface area (Å²) in [5.41, 5.74) is -0.371. The molecule has 2 nitrogen and oxygen atoms in total. The molecule has 28 heavy (non-hydrogen) atoms. The van der Waals surface area contributed by atoms with E-state index in [2.05, 4.69) is 5.23 Å². The van der Waals surface area contributed by atoms with E-state index in [4.69, 9.17) is 0 Å². The van der Waals surface area contributed by atoms with Crippen LogP contribution in [0.2, 0.25) is 0 Å². The lowest BCUT2D eigenvalue weighted by atomic mass is 9.42. The number of halogens is 6. The zero-order chi connectivity index (χ0) is 20.5. The SMILES string of the molecule is O[B-](NCc1ccccc1)(c1cc(F)c(F)c(F)c1)c1cc(F)c(F)c(F)c1. The first kappa shape index (κ1) is 20.0. The summed E-state index contributed by atoms with van der Waals surface area (Å²) in [5, 5.41) is 13.7. The summed E-state index contributed by atoms with van der Waals surface area (Å²) < 4.78 is 81.5. The molecule has 0 unspecified atom stereocenters. The molecular weight excluding hydrogens is 383 g/mol. The van der Waals surface area contributed by atoms with E-state index >= 15 is 0 Å². The van der Waals surface area contributed by atoms with E-state index in [1.165, 1.54) is 0 Å².